The second-order valence-corrected chi connectivity index (χ2v) is 8.51. The van der Waals surface area contributed by atoms with E-state index in [1.165, 1.54) is 11.3 Å². The minimum atomic E-state index is 0.00117. The largest absolute Gasteiger partial charge is 0.493 e. The van der Waals surface area contributed by atoms with Crippen LogP contribution in [-0.4, -0.2) is 83.8 Å². The van der Waals surface area contributed by atoms with Crippen molar-refractivity contribution in [2.45, 2.75) is 12.5 Å². The lowest BCUT2D eigenvalue weighted by Crippen LogP contribution is -2.48. The molecule has 1 aliphatic rings. The van der Waals surface area contributed by atoms with Crippen molar-refractivity contribution >= 4 is 11.6 Å². The van der Waals surface area contributed by atoms with Gasteiger partial charge in [0.2, 0.25) is 5.91 Å². The molecule has 7 heteroatoms. The van der Waals surface area contributed by atoms with Gasteiger partial charge in [0.05, 0.1) is 26.7 Å². The molecule has 0 aromatic heterocycles. The fourth-order valence-electron chi connectivity index (χ4n) is 4.03. The van der Waals surface area contributed by atoms with E-state index < -0.39 is 0 Å². The number of hydrogen-bond acceptors (Lipinski definition) is 6. The van der Waals surface area contributed by atoms with Crippen LogP contribution in [0.25, 0.3) is 0 Å². The normalized spacial score (nSPS) is 15.8. The maximum atomic E-state index is 12.8. The molecule has 1 heterocycles. The van der Waals surface area contributed by atoms with Crippen LogP contribution < -0.4 is 19.7 Å². The van der Waals surface area contributed by atoms with Gasteiger partial charge in [0.25, 0.3) is 0 Å². The Morgan fingerprint density at radius 1 is 1.00 bits per heavy atom. The topological polar surface area (TPSA) is 57.3 Å². The van der Waals surface area contributed by atoms with Gasteiger partial charge in [-0.1, -0.05) is 18.2 Å². The molecule has 2 aromatic carbocycles. The SMILES string of the molecule is COc1ccc(CC(=O)NC[C@H](c2ccc(N(C)C)cc2)N2CCN(C)CC2)cc1OC. The Bertz CT molecular complexity index is 877. The Labute approximate surface area is 191 Å². The fraction of sp³-hybridized carbons (Fsp3) is 0.480. The Balaban J connectivity index is 1.68. The maximum Gasteiger partial charge on any atom is 0.224 e. The van der Waals surface area contributed by atoms with Crippen molar-refractivity contribution in [1.29, 1.82) is 0 Å². The molecule has 174 valence electrons. The van der Waals surface area contributed by atoms with E-state index in [1.807, 2.05) is 32.3 Å². The van der Waals surface area contributed by atoms with Crippen molar-refractivity contribution < 1.29 is 14.3 Å². The van der Waals surface area contributed by atoms with E-state index in [9.17, 15) is 4.79 Å². The number of rotatable bonds is 9. The summed E-state index contributed by atoms with van der Waals surface area (Å²) < 4.78 is 10.6. The number of carbonyl (C=O) groups is 1. The smallest absolute Gasteiger partial charge is 0.224 e. The standard InChI is InChI=1S/C25H36N4O3/c1-27(2)21-9-7-20(8-10-21)22(29-14-12-28(3)13-15-29)18-26-25(30)17-19-6-11-23(31-4)24(16-19)32-5/h6-11,16,22H,12-15,17-18H2,1-5H3,(H,26,30)/t22-/m1/s1. The molecule has 1 fully saturated rings. The van der Waals surface area contributed by atoms with E-state index in [-0.39, 0.29) is 11.9 Å². The number of likely N-dealkylation sites (N-methyl/N-ethyl adjacent to an activating group) is 1. The van der Waals surface area contributed by atoms with Crippen LogP contribution in [0.5, 0.6) is 11.5 Å². The molecule has 0 bridgehead atoms. The molecule has 3 rings (SSSR count). The average molecular weight is 441 g/mol. The van der Waals surface area contributed by atoms with E-state index in [0.717, 1.165) is 31.7 Å². The molecule has 1 atom stereocenters. The molecule has 32 heavy (non-hydrogen) atoms. The summed E-state index contributed by atoms with van der Waals surface area (Å²) in [5.41, 5.74) is 3.29. The van der Waals surface area contributed by atoms with Crippen molar-refractivity contribution in [1.82, 2.24) is 15.1 Å². The lowest BCUT2D eigenvalue weighted by Gasteiger charge is -2.38. The third kappa shape index (κ3) is 6.14. The molecule has 2 aromatic rings. The quantitative estimate of drug-likeness (QED) is 0.646. The minimum Gasteiger partial charge on any atom is -0.493 e. The van der Waals surface area contributed by atoms with Crippen LogP contribution in [0.15, 0.2) is 42.5 Å². The molecule has 0 unspecified atom stereocenters. The van der Waals surface area contributed by atoms with Gasteiger partial charge in [0.1, 0.15) is 0 Å². The monoisotopic (exact) mass is 440 g/mol. The van der Waals surface area contributed by atoms with Crippen molar-refractivity contribution in [3.05, 3.63) is 53.6 Å². The highest BCUT2D eigenvalue weighted by Gasteiger charge is 2.24. The summed E-state index contributed by atoms with van der Waals surface area (Å²) in [7, 11) is 9.45. The summed E-state index contributed by atoms with van der Waals surface area (Å²) in [6, 6.07) is 14.4. The van der Waals surface area contributed by atoms with Gasteiger partial charge in [-0.15, -0.1) is 0 Å². The van der Waals surface area contributed by atoms with Crippen LogP contribution in [0.3, 0.4) is 0 Å². The van der Waals surface area contributed by atoms with Crippen LogP contribution >= 0.6 is 0 Å². The second kappa shape index (κ2) is 11.2. The summed E-state index contributed by atoms with van der Waals surface area (Å²) in [5, 5.41) is 3.17. The van der Waals surface area contributed by atoms with Gasteiger partial charge >= 0.3 is 0 Å². The molecule has 1 amide bonds. The molecule has 0 radical (unpaired) electrons. The Morgan fingerprint density at radius 2 is 1.66 bits per heavy atom. The minimum absolute atomic E-state index is 0.00117. The zero-order valence-corrected chi connectivity index (χ0v) is 19.9. The third-order valence-corrected chi connectivity index (χ3v) is 6.08. The molecular weight excluding hydrogens is 404 g/mol. The number of piperazine rings is 1. The number of nitrogens with one attached hydrogen (secondary N) is 1. The van der Waals surface area contributed by atoms with Crippen molar-refractivity contribution in [2.24, 2.45) is 0 Å². The number of carbonyl (C=O) groups excluding carboxylic acids is 1. The zero-order chi connectivity index (χ0) is 23.1. The van der Waals surface area contributed by atoms with Gasteiger partial charge in [0, 0.05) is 52.5 Å². The van der Waals surface area contributed by atoms with Crippen LogP contribution in [0, 0.1) is 0 Å². The van der Waals surface area contributed by atoms with E-state index in [4.69, 9.17) is 9.47 Å². The van der Waals surface area contributed by atoms with E-state index in [1.54, 1.807) is 14.2 Å². The number of hydrogen-bond donors (Lipinski definition) is 1. The summed E-state index contributed by atoms with van der Waals surface area (Å²) in [5.74, 6) is 1.29. The first-order valence-corrected chi connectivity index (χ1v) is 11.1. The maximum absolute atomic E-state index is 12.8. The fourth-order valence-corrected chi connectivity index (χ4v) is 4.03. The first-order chi connectivity index (χ1) is 15.4. The average Bonchev–Trinajstić information content (AvgIpc) is 2.80. The first kappa shape index (κ1) is 23.9. The molecule has 7 nitrogen and oxygen atoms in total. The summed E-state index contributed by atoms with van der Waals surface area (Å²) in [6.45, 7) is 4.62. The highest BCUT2D eigenvalue weighted by molar-refractivity contribution is 5.78. The van der Waals surface area contributed by atoms with E-state index in [0.29, 0.717) is 24.5 Å². The van der Waals surface area contributed by atoms with Crippen LogP contribution in [0.4, 0.5) is 5.69 Å². The van der Waals surface area contributed by atoms with Crippen LogP contribution in [0.1, 0.15) is 17.2 Å². The first-order valence-electron chi connectivity index (χ1n) is 11.1. The van der Waals surface area contributed by atoms with E-state index >= 15 is 0 Å². The molecule has 0 saturated carbocycles. The van der Waals surface area contributed by atoms with Gasteiger partial charge in [-0.05, 0) is 42.4 Å². The highest BCUT2D eigenvalue weighted by Crippen LogP contribution is 2.28. The predicted octanol–water partition coefficient (Wildman–Crippen LogP) is 2.42. The molecule has 1 N–H and O–H groups in total. The zero-order valence-electron chi connectivity index (χ0n) is 19.9. The van der Waals surface area contributed by atoms with Crippen molar-refractivity contribution in [3.63, 3.8) is 0 Å². The molecule has 0 spiro atoms. The van der Waals surface area contributed by atoms with Gasteiger partial charge < -0.3 is 24.6 Å². The number of methoxy groups -OCH3 is 2. The molecular formula is C25H36N4O3. The number of nitrogens with zero attached hydrogens (tertiary/aromatic N) is 3. The van der Waals surface area contributed by atoms with Crippen LogP contribution in [0.2, 0.25) is 0 Å². The van der Waals surface area contributed by atoms with Gasteiger partial charge in [-0.2, -0.15) is 0 Å². The summed E-state index contributed by atoms with van der Waals surface area (Å²) in [4.78, 5) is 19.7. The Hall–Kier alpha value is -2.77. The third-order valence-electron chi connectivity index (χ3n) is 6.08. The lowest BCUT2D eigenvalue weighted by atomic mass is 10.0. The van der Waals surface area contributed by atoms with E-state index in [2.05, 4.69) is 51.3 Å². The van der Waals surface area contributed by atoms with Gasteiger partial charge in [-0.25, -0.2) is 0 Å². The number of amides is 1. The number of anilines is 1. The van der Waals surface area contributed by atoms with Gasteiger partial charge in [0.15, 0.2) is 11.5 Å². The molecule has 1 aliphatic heterocycles. The number of benzene rings is 2. The van der Waals surface area contributed by atoms with Gasteiger partial charge in [-0.3, -0.25) is 9.69 Å². The van der Waals surface area contributed by atoms with Crippen molar-refractivity contribution in [2.75, 3.05) is 73.0 Å². The lowest BCUT2D eigenvalue weighted by molar-refractivity contribution is -0.120. The second-order valence-electron chi connectivity index (χ2n) is 8.51. The Kier molecular flexibility index (Phi) is 8.36. The predicted molar refractivity (Wildman–Crippen MR) is 129 cm³/mol. The summed E-state index contributed by atoms with van der Waals surface area (Å²) in [6.07, 6.45) is 0.301. The van der Waals surface area contributed by atoms with Crippen LogP contribution in [-0.2, 0) is 11.2 Å². The van der Waals surface area contributed by atoms with Crippen molar-refractivity contribution in [3.8, 4) is 11.5 Å². The summed E-state index contributed by atoms with van der Waals surface area (Å²) >= 11 is 0. The molecule has 0 aliphatic carbocycles. The Morgan fingerprint density at radius 3 is 2.25 bits per heavy atom. The highest BCUT2D eigenvalue weighted by atomic mass is 16.5. The molecule has 1 saturated heterocycles. The number of ether oxygens (including phenoxy) is 2.